The van der Waals surface area contributed by atoms with Crippen molar-refractivity contribution in [2.24, 2.45) is 5.18 Å². The Bertz CT molecular complexity index is 332. The molecule has 1 atom stereocenters. The van der Waals surface area contributed by atoms with E-state index in [1.165, 1.54) is 6.20 Å². The van der Waals surface area contributed by atoms with Gasteiger partial charge in [-0.2, -0.15) is 0 Å². The van der Waals surface area contributed by atoms with Crippen LogP contribution in [0.5, 0.6) is 0 Å². The smallest absolute Gasteiger partial charge is 0.104 e. The van der Waals surface area contributed by atoms with E-state index in [2.05, 4.69) is 23.7 Å². The van der Waals surface area contributed by atoms with E-state index in [4.69, 9.17) is 0 Å². The maximum Gasteiger partial charge on any atom is 0.104 e. The van der Waals surface area contributed by atoms with Gasteiger partial charge in [0.25, 0.3) is 0 Å². The monoisotopic (exact) mass is 188 g/mol. The molecule has 0 aliphatic heterocycles. The average molecular weight is 188 g/mol. The predicted octanol–water partition coefficient (Wildman–Crippen LogP) is 2.74. The summed E-state index contributed by atoms with van der Waals surface area (Å²) in [6, 6.07) is 9.21. The highest BCUT2D eigenvalue weighted by Gasteiger charge is 2.12. The molecule has 1 rings (SSSR count). The zero-order valence-electron chi connectivity index (χ0n) is 7.81. The number of hydrogen-bond donors (Lipinski definition) is 1. The molecule has 1 aromatic rings. The summed E-state index contributed by atoms with van der Waals surface area (Å²) in [6.45, 7) is 7.13. The van der Waals surface area contributed by atoms with Crippen LogP contribution in [0.15, 0.2) is 60.6 Å². The van der Waals surface area contributed by atoms with Crippen LogP contribution >= 0.6 is 0 Å². The fourth-order valence-electron chi connectivity index (χ4n) is 1.20. The molecular formula is C11H12N2O. The molecule has 1 N–H and O–H groups in total. The van der Waals surface area contributed by atoms with Crippen molar-refractivity contribution in [1.29, 1.82) is 0 Å². The molecule has 0 fully saturated rings. The first-order chi connectivity index (χ1) is 6.79. The lowest BCUT2D eigenvalue weighted by atomic mass is 10.1. The summed E-state index contributed by atoms with van der Waals surface area (Å²) in [6.07, 6.45) is 1.52. The van der Waals surface area contributed by atoms with Crippen molar-refractivity contribution in [1.82, 2.24) is 5.32 Å². The molecule has 0 spiro atoms. The van der Waals surface area contributed by atoms with Crippen LogP contribution in [0.2, 0.25) is 0 Å². The van der Waals surface area contributed by atoms with Crippen LogP contribution in [0.4, 0.5) is 0 Å². The Morgan fingerprint density at radius 2 is 2.07 bits per heavy atom. The Balaban J connectivity index is 2.93. The van der Waals surface area contributed by atoms with Crippen LogP contribution in [0.3, 0.4) is 0 Å². The van der Waals surface area contributed by atoms with Gasteiger partial charge in [-0.15, -0.1) is 4.91 Å². The molecule has 0 bridgehead atoms. The fourth-order valence-corrected chi connectivity index (χ4v) is 1.20. The molecule has 3 nitrogen and oxygen atoms in total. The summed E-state index contributed by atoms with van der Waals surface area (Å²) in [4.78, 5) is 10.4. The van der Waals surface area contributed by atoms with Gasteiger partial charge in [0.05, 0.1) is 6.04 Å². The van der Waals surface area contributed by atoms with Crippen LogP contribution in [0, 0.1) is 4.91 Å². The van der Waals surface area contributed by atoms with Gasteiger partial charge in [0.15, 0.2) is 0 Å². The molecule has 3 heteroatoms. The lowest BCUT2D eigenvalue weighted by molar-refractivity contribution is 0.708. The maximum absolute atomic E-state index is 10.4. The molecule has 0 aliphatic carbocycles. The average Bonchev–Trinajstić information content (AvgIpc) is 2.26. The second kappa shape index (κ2) is 4.97. The van der Waals surface area contributed by atoms with Gasteiger partial charge >= 0.3 is 0 Å². The second-order valence-corrected chi connectivity index (χ2v) is 2.80. The summed E-state index contributed by atoms with van der Waals surface area (Å²) < 4.78 is 0. The maximum atomic E-state index is 10.4. The van der Waals surface area contributed by atoms with Gasteiger partial charge in [0.2, 0.25) is 0 Å². The standard InChI is InChI=1S/C11H12N2O/c1-3-12-11(9(2)13-14)10-7-5-4-6-8-10/h3-8,11-12H,1-2H2. The number of hydrogen-bond acceptors (Lipinski definition) is 3. The highest BCUT2D eigenvalue weighted by molar-refractivity contribution is 5.26. The molecule has 1 aromatic carbocycles. The van der Waals surface area contributed by atoms with Gasteiger partial charge < -0.3 is 5.32 Å². The van der Waals surface area contributed by atoms with Crippen molar-refractivity contribution in [2.45, 2.75) is 6.04 Å². The van der Waals surface area contributed by atoms with Gasteiger partial charge in [0.1, 0.15) is 5.70 Å². The zero-order valence-corrected chi connectivity index (χ0v) is 7.81. The summed E-state index contributed by atoms with van der Waals surface area (Å²) in [7, 11) is 0. The number of nitroso groups, excluding NO2 is 1. The van der Waals surface area contributed by atoms with E-state index in [0.29, 0.717) is 0 Å². The Kier molecular flexibility index (Phi) is 3.61. The molecule has 0 saturated carbocycles. The third kappa shape index (κ3) is 2.29. The lowest BCUT2D eigenvalue weighted by Gasteiger charge is -2.15. The van der Waals surface area contributed by atoms with E-state index in [0.717, 1.165) is 5.56 Å². The summed E-state index contributed by atoms with van der Waals surface area (Å²) in [5.41, 5.74) is 1.19. The first kappa shape index (κ1) is 10.2. The SMILES string of the molecule is C=CNC(C(=C)N=O)c1ccccc1. The van der Waals surface area contributed by atoms with Crippen LogP contribution in [0.1, 0.15) is 11.6 Å². The minimum Gasteiger partial charge on any atom is -0.379 e. The molecule has 0 amide bonds. The minimum atomic E-state index is -0.286. The topological polar surface area (TPSA) is 41.5 Å². The predicted molar refractivity (Wildman–Crippen MR) is 57.5 cm³/mol. The number of benzene rings is 1. The molecule has 0 aliphatic rings. The van der Waals surface area contributed by atoms with E-state index < -0.39 is 0 Å². The van der Waals surface area contributed by atoms with Crippen molar-refractivity contribution in [3.63, 3.8) is 0 Å². The Labute approximate surface area is 83.1 Å². The third-order valence-corrected chi connectivity index (χ3v) is 1.87. The normalized spacial score (nSPS) is 11.4. The highest BCUT2D eigenvalue weighted by Crippen LogP contribution is 2.20. The van der Waals surface area contributed by atoms with E-state index in [9.17, 15) is 4.91 Å². The van der Waals surface area contributed by atoms with Crippen LogP contribution in [-0.2, 0) is 0 Å². The van der Waals surface area contributed by atoms with Gasteiger partial charge in [0, 0.05) is 0 Å². The highest BCUT2D eigenvalue weighted by atomic mass is 16.3. The molecule has 14 heavy (non-hydrogen) atoms. The van der Waals surface area contributed by atoms with E-state index in [1.807, 2.05) is 30.3 Å². The summed E-state index contributed by atoms with van der Waals surface area (Å²) in [5, 5.41) is 5.75. The molecule has 1 unspecified atom stereocenters. The van der Waals surface area contributed by atoms with Crippen LogP contribution < -0.4 is 5.32 Å². The van der Waals surface area contributed by atoms with Crippen LogP contribution in [-0.4, -0.2) is 0 Å². The largest absolute Gasteiger partial charge is 0.379 e. The molecular weight excluding hydrogens is 176 g/mol. The number of nitrogens with zero attached hydrogens (tertiary/aromatic N) is 1. The van der Waals surface area contributed by atoms with Gasteiger partial charge in [-0.25, -0.2) is 0 Å². The lowest BCUT2D eigenvalue weighted by Crippen LogP contribution is -2.15. The third-order valence-electron chi connectivity index (χ3n) is 1.87. The summed E-state index contributed by atoms with van der Waals surface area (Å²) in [5.74, 6) is 0. The minimum absolute atomic E-state index is 0.246. The number of nitrogens with one attached hydrogen (secondary N) is 1. The Morgan fingerprint density at radius 3 is 2.57 bits per heavy atom. The molecule has 0 saturated heterocycles. The van der Waals surface area contributed by atoms with Crippen molar-refractivity contribution in [3.05, 3.63) is 65.9 Å². The second-order valence-electron chi connectivity index (χ2n) is 2.80. The summed E-state index contributed by atoms with van der Waals surface area (Å²) >= 11 is 0. The van der Waals surface area contributed by atoms with Gasteiger partial charge in [-0.1, -0.05) is 43.5 Å². The first-order valence-electron chi connectivity index (χ1n) is 4.23. The van der Waals surface area contributed by atoms with Crippen molar-refractivity contribution in [3.8, 4) is 0 Å². The molecule has 0 heterocycles. The van der Waals surface area contributed by atoms with Crippen molar-refractivity contribution in [2.75, 3.05) is 0 Å². The van der Waals surface area contributed by atoms with E-state index >= 15 is 0 Å². The Hall–Kier alpha value is -1.90. The first-order valence-corrected chi connectivity index (χ1v) is 4.23. The Morgan fingerprint density at radius 1 is 1.43 bits per heavy atom. The van der Waals surface area contributed by atoms with E-state index in [-0.39, 0.29) is 11.7 Å². The van der Waals surface area contributed by atoms with Crippen LogP contribution in [0.25, 0.3) is 0 Å². The fraction of sp³-hybridized carbons (Fsp3) is 0.0909. The van der Waals surface area contributed by atoms with Gasteiger partial charge in [-0.05, 0) is 16.9 Å². The van der Waals surface area contributed by atoms with Crippen molar-refractivity contribution >= 4 is 0 Å². The number of rotatable bonds is 5. The molecule has 0 aromatic heterocycles. The zero-order chi connectivity index (χ0) is 10.4. The molecule has 72 valence electrons. The van der Waals surface area contributed by atoms with Gasteiger partial charge in [-0.3, -0.25) is 0 Å². The van der Waals surface area contributed by atoms with E-state index in [1.54, 1.807) is 0 Å². The van der Waals surface area contributed by atoms with Crippen molar-refractivity contribution < 1.29 is 0 Å². The molecule has 0 radical (unpaired) electrons. The quantitative estimate of drug-likeness (QED) is 0.722.